The van der Waals surface area contributed by atoms with Crippen molar-refractivity contribution in [2.75, 3.05) is 32.7 Å². The standard InChI is InChI=1S/C11H15ClN2O4/c1-17-7-9(18-2)6-13-11-4-3-8(14(15)16)5-10(11)12/h3-5,9,13H,6-7H2,1-2H3. The minimum atomic E-state index is -0.488. The molecular formula is C11H15ClN2O4. The molecule has 7 heteroatoms. The molecule has 6 nitrogen and oxygen atoms in total. The average Bonchev–Trinajstić information content (AvgIpc) is 2.35. The highest BCUT2D eigenvalue weighted by Crippen LogP contribution is 2.26. The van der Waals surface area contributed by atoms with Gasteiger partial charge in [-0.2, -0.15) is 0 Å². The van der Waals surface area contributed by atoms with E-state index in [4.69, 9.17) is 21.1 Å². The van der Waals surface area contributed by atoms with Gasteiger partial charge in [-0.15, -0.1) is 0 Å². The minimum Gasteiger partial charge on any atom is -0.382 e. The maximum absolute atomic E-state index is 10.6. The molecule has 0 amide bonds. The number of nitrogens with one attached hydrogen (secondary N) is 1. The quantitative estimate of drug-likeness (QED) is 0.610. The normalized spacial score (nSPS) is 12.2. The maximum atomic E-state index is 10.6. The zero-order chi connectivity index (χ0) is 13.5. The van der Waals surface area contributed by atoms with Crippen LogP contribution in [0.1, 0.15) is 0 Å². The van der Waals surface area contributed by atoms with Gasteiger partial charge in [0.05, 0.1) is 28.3 Å². The molecule has 1 N–H and O–H groups in total. The molecule has 0 saturated carbocycles. The molecule has 0 aliphatic heterocycles. The maximum Gasteiger partial charge on any atom is 0.271 e. The van der Waals surface area contributed by atoms with Crippen LogP contribution in [0.5, 0.6) is 0 Å². The molecule has 1 aromatic rings. The summed E-state index contributed by atoms with van der Waals surface area (Å²) in [5, 5.41) is 13.9. The Morgan fingerprint density at radius 2 is 2.22 bits per heavy atom. The van der Waals surface area contributed by atoms with E-state index in [0.29, 0.717) is 23.9 Å². The predicted octanol–water partition coefficient (Wildman–Crippen LogP) is 2.32. The van der Waals surface area contributed by atoms with Crippen LogP contribution in [0.4, 0.5) is 11.4 Å². The molecule has 0 heterocycles. The molecule has 18 heavy (non-hydrogen) atoms. The lowest BCUT2D eigenvalue weighted by Gasteiger charge is -2.16. The molecule has 0 aromatic heterocycles. The van der Waals surface area contributed by atoms with E-state index in [1.165, 1.54) is 12.1 Å². The van der Waals surface area contributed by atoms with Crippen molar-refractivity contribution >= 4 is 23.0 Å². The van der Waals surface area contributed by atoms with E-state index < -0.39 is 4.92 Å². The Balaban J connectivity index is 2.65. The molecule has 0 aliphatic carbocycles. The van der Waals surface area contributed by atoms with Crippen LogP contribution in [-0.2, 0) is 9.47 Å². The van der Waals surface area contributed by atoms with Crippen molar-refractivity contribution in [3.8, 4) is 0 Å². The third-order valence-corrected chi connectivity index (χ3v) is 2.68. The molecule has 0 aliphatic rings. The fourth-order valence-corrected chi connectivity index (χ4v) is 1.62. The lowest BCUT2D eigenvalue weighted by Crippen LogP contribution is -2.26. The summed E-state index contributed by atoms with van der Waals surface area (Å²) in [5.74, 6) is 0. The molecule has 0 radical (unpaired) electrons. The van der Waals surface area contributed by atoms with Gasteiger partial charge in [0.2, 0.25) is 0 Å². The summed E-state index contributed by atoms with van der Waals surface area (Å²) in [4.78, 5) is 10.1. The zero-order valence-corrected chi connectivity index (χ0v) is 10.9. The van der Waals surface area contributed by atoms with Gasteiger partial charge in [0, 0.05) is 32.9 Å². The number of nitro benzene ring substituents is 1. The van der Waals surface area contributed by atoms with Crippen molar-refractivity contribution in [2.24, 2.45) is 0 Å². The van der Waals surface area contributed by atoms with Gasteiger partial charge in [0.15, 0.2) is 0 Å². The van der Waals surface area contributed by atoms with Crippen LogP contribution in [-0.4, -0.2) is 38.4 Å². The second-order valence-electron chi connectivity index (χ2n) is 3.62. The summed E-state index contributed by atoms with van der Waals surface area (Å²) in [7, 11) is 3.17. The Kier molecular flexibility index (Phi) is 5.84. The first-order chi connectivity index (χ1) is 8.58. The van der Waals surface area contributed by atoms with E-state index in [9.17, 15) is 10.1 Å². The molecule has 0 fully saturated rings. The fraction of sp³-hybridized carbons (Fsp3) is 0.455. The lowest BCUT2D eigenvalue weighted by molar-refractivity contribution is -0.384. The van der Waals surface area contributed by atoms with Gasteiger partial charge in [-0.25, -0.2) is 0 Å². The summed E-state index contributed by atoms with van der Waals surface area (Å²) in [6.45, 7) is 0.954. The average molecular weight is 275 g/mol. The number of non-ortho nitro benzene ring substituents is 1. The fourth-order valence-electron chi connectivity index (χ4n) is 1.38. The Morgan fingerprint density at radius 3 is 2.72 bits per heavy atom. The van der Waals surface area contributed by atoms with Gasteiger partial charge < -0.3 is 14.8 Å². The summed E-state index contributed by atoms with van der Waals surface area (Å²) >= 11 is 5.94. The Labute approximate surface area is 110 Å². The van der Waals surface area contributed by atoms with E-state index in [1.807, 2.05) is 0 Å². The third-order valence-electron chi connectivity index (χ3n) is 2.37. The SMILES string of the molecule is COCC(CNc1ccc([N+](=O)[O-])cc1Cl)OC. The highest BCUT2D eigenvalue weighted by Gasteiger charge is 2.11. The first kappa shape index (κ1) is 14.7. The molecule has 100 valence electrons. The number of ether oxygens (including phenoxy) is 2. The zero-order valence-electron chi connectivity index (χ0n) is 10.2. The number of rotatable bonds is 7. The molecule has 0 saturated heterocycles. The van der Waals surface area contributed by atoms with Crippen LogP contribution >= 0.6 is 11.6 Å². The van der Waals surface area contributed by atoms with Crippen molar-refractivity contribution in [3.63, 3.8) is 0 Å². The molecule has 1 atom stereocenters. The first-order valence-corrected chi connectivity index (χ1v) is 5.65. The van der Waals surface area contributed by atoms with Gasteiger partial charge >= 0.3 is 0 Å². The van der Waals surface area contributed by atoms with Gasteiger partial charge in [0.1, 0.15) is 0 Å². The molecular weight excluding hydrogens is 260 g/mol. The van der Waals surface area contributed by atoms with Gasteiger partial charge in [-0.05, 0) is 6.07 Å². The van der Waals surface area contributed by atoms with Crippen molar-refractivity contribution in [1.29, 1.82) is 0 Å². The van der Waals surface area contributed by atoms with Gasteiger partial charge in [-0.3, -0.25) is 10.1 Å². The largest absolute Gasteiger partial charge is 0.382 e. The number of benzene rings is 1. The Hall–Kier alpha value is -1.37. The number of nitro groups is 1. The van der Waals surface area contributed by atoms with Gasteiger partial charge in [-0.1, -0.05) is 11.6 Å². The summed E-state index contributed by atoms with van der Waals surface area (Å²) in [5.41, 5.74) is 0.589. The van der Waals surface area contributed by atoms with Crippen LogP contribution in [0.2, 0.25) is 5.02 Å². The molecule has 1 rings (SSSR count). The van der Waals surface area contributed by atoms with Crippen molar-refractivity contribution in [1.82, 2.24) is 0 Å². The van der Waals surface area contributed by atoms with Crippen LogP contribution in [0.3, 0.4) is 0 Å². The van der Waals surface area contributed by atoms with Crippen LogP contribution in [0, 0.1) is 10.1 Å². The van der Waals surface area contributed by atoms with Crippen molar-refractivity contribution in [3.05, 3.63) is 33.3 Å². The molecule has 1 unspecified atom stereocenters. The van der Waals surface area contributed by atoms with Crippen LogP contribution < -0.4 is 5.32 Å². The molecule has 0 bridgehead atoms. The highest BCUT2D eigenvalue weighted by atomic mass is 35.5. The Morgan fingerprint density at radius 1 is 1.50 bits per heavy atom. The smallest absolute Gasteiger partial charge is 0.271 e. The minimum absolute atomic E-state index is 0.0364. The second kappa shape index (κ2) is 7.15. The number of hydrogen-bond donors (Lipinski definition) is 1. The van der Waals surface area contributed by atoms with Crippen molar-refractivity contribution < 1.29 is 14.4 Å². The monoisotopic (exact) mass is 274 g/mol. The van der Waals surface area contributed by atoms with E-state index in [1.54, 1.807) is 20.3 Å². The van der Waals surface area contributed by atoms with Gasteiger partial charge in [0.25, 0.3) is 5.69 Å². The van der Waals surface area contributed by atoms with E-state index in [-0.39, 0.29) is 11.8 Å². The third kappa shape index (κ3) is 4.14. The summed E-state index contributed by atoms with van der Waals surface area (Å²) < 4.78 is 10.2. The topological polar surface area (TPSA) is 73.6 Å². The summed E-state index contributed by atoms with van der Waals surface area (Å²) in [6, 6.07) is 4.27. The number of nitrogens with zero attached hydrogens (tertiary/aromatic N) is 1. The second-order valence-corrected chi connectivity index (χ2v) is 4.02. The van der Waals surface area contributed by atoms with E-state index >= 15 is 0 Å². The summed E-state index contributed by atoms with van der Waals surface area (Å²) in [6.07, 6.45) is -0.110. The number of halogens is 1. The Bertz CT molecular complexity index is 414. The van der Waals surface area contributed by atoms with E-state index in [2.05, 4.69) is 5.32 Å². The molecule has 0 spiro atoms. The lowest BCUT2D eigenvalue weighted by atomic mass is 10.2. The highest BCUT2D eigenvalue weighted by molar-refractivity contribution is 6.33. The number of hydrogen-bond acceptors (Lipinski definition) is 5. The predicted molar refractivity (Wildman–Crippen MR) is 69.3 cm³/mol. The number of methoxy groups -OCH3 is 2. The first-order valence-electron chi connectivity index (χ1n) is 5.28. The molecule has 1 aromatic carbocycles. The van der Waals surface area contributed by atoms with E-state index in [0.717, 1.165) is 0 Å². The number of anilines is 1. The van der Waals surface area contributed by atoms with Crippen LogP contribution in [0.15, 0.2) is 18.2 Å². The van der Waals surface area contributed by atoms with Crippen molar-refractivity contribution in [2.45, 2.75) is 6.10 Å². The van der Waals surface area contributed by atoms with Crippen LogP contribution in [0.25, 0.3) is 0 Å².